The molecule has 1 aliphatic heterocycles. The molecule has 4 aromatic rings. The van der Waals surface area contributed by atoms with Crippen molar-refractivity contribution < 1.29 is 14.0 Å². The van der Waals surface area contributed by atoms with E-state index in [0.29, 0.717) is 36.6 Å². The second-order valence-electron chi connectivity index (χ2n) is 8.14. The van der Waals surface area contributed by atoms with Gasteiger partial charge in [-0.15, -0.1) is 0 Å². The molecular formula is C26H22FN5O2. The second kappa shape index (κ2) is 9.19. The van der Waals surface area contributed by atoms with Gasteiger partial charge in [0.2, 0.25) is 0 Å². The molecule has 2 heterocycles. The highest BCUT2D eigenvalue weighted by Crippen LogP contribution is 2.24. The van der Waals surface area contributed by atoms with Crippen LogP contribution >= 0.6 is 0 Å². The zero-order chi connectivity index (χ0) is 23.5. The summed E-state index contributed by atoms with van der Waals surface area (Å²) in [5.41, 5.74) is 4.50. The van der Waals surface area contributed by atoms with Gasteiger partial charge in [-0.3, -0.25) is 9.48 Å². The predicted molar refractivity (Wildman–Crippen MR) is 127 cm³/mol. The Bertz CT molecular complexity index is 1340. The maximum Gasteiger partial charge on any atom is 0.322 e. The summed E-state index contributed by atoms with van der Waals surface area (Å²) in [4.78, 5) is 26.8. The molecule has 7 nitrogen and oxygen atoms in total. The van der Waals surface area contributed by atoms with E-state index in [4.69, 9.17) is 0 Å². The van der Waals surface area contributed by atoms with E-state index in [1.165, 1.54) is 12.1 Å². The predicted octanol–water partition coefficient (Wildman–Crippen LogP) is 4.87. The van der Waals surface area contributed by atoms with Crippen LogP contribution < -0.4 is 10.6 Å². The fourth-order valence-corrected chi connectivity index (χ4v) is 3.90. The van der Waals surface area contributed by atoms with Crippen LogP contribution in [0.5, 0.6) is 0 Å². The minimum atomic E-state index is -0.307. The lowest BCUT2D eigenvalue weighted by atomic mass is 10.1. The van der Waals surface area contributed by atoms with Crippen molar-refractivity contribution in [2.75, 3.05) is 10.6 Å². The third-order valence-electron chi connectivity index (χ3n) is 5.65. The zero-order valence-corrected chi connectivity index (χ0v) is 18.2. The molecule has 2 N–H and O–H groups in total. The average molecular weight is 455 g/mol. The van der Waals surface area contributed by atoms with E-state index < -0.39 is 0 Å². The molecule has 0 saturated heterocycles. The summed E-state index contributed by atoms with van der Waals surface area (Å²) in [7, 11) is 0. The smallest absolute Gasteiger partial charge is 0.319 e. The number of urea groups is 1. The quantitative estimate of drug-likeness (QED) is 0.451. The van der Waals surface area contributed by atoms with E-state index in [-0.39, 0.29) is 17.8 Å². The molecule has 3 aromatic carbocycles. The number of aromatic nitrogens is 2. The molecule has 0 spiro atoms. The molecule has 0 aliphatic carbocycles. The number of rotatable bonds is 5. The molecule has 8 heteroatoms. The van der Waals surface area contributed by atoms with Crippen molar-refractivity contribution >= 4 is 23.3 Å². The lowest BCUT2D eigenvalue weighted by Gasteiger charge is -2.16. The molecule has 0 radical (unpaired) electrons. The van der Waals surface area contributed by atoms with Crippen LogP contribution in [-0.4, -0.2) is 26.6 Å². The fraction of sp³-hybridized carbons (Fsp3) is 0.115. The van der Waals surface area contributed by atoms with Crippen LogP contribution in [0.2, 0.25) is 0 Å². The van der Waals surface area contributed by atoms with Crippen LogP contribution in [0.25, 0.3) is 0 Å². The van der Waals surface area contributed by atoms with Crippen LogP contribution in [0.1, 0.15) is 27.0 Å². The maximum atomic E-state index is 13.4. The SMILES string of the molecule is O=C(Nc1cnn(Cc2ccccc2)c1)c1ccc(NC(=O)N2Cc3ccc(F)cc3C2)cc1. The number of benzene rings is 3. The van der Waals surface area contributed by atoms with Crippen LogP contribution in [0.4, 0.5) is 20.6 Å². The van der Waals surface area contributed by atoms with Crippen LogP contribution in [0.15, 0.2) is 85.2 Å². The van der Waals surface area contributed by atoms with E-state index >= 15 is 0 Å². The molecule has 3 amide bonds. The Morgan fingerprint density at radius 1 is 0.882 bits per heavy atom. The lowest BCUT2D eigenvalue weighted by molar-refractivity contribution is 0.102. The van der Waals surface area contributed by atoms with Crippen LogP contribution in [0, 0.1) is 5.82 Å². The van der Waals surface area contributed by atoms with Gasteiger partial charge in [-0.2, -0.15) is 5.10 Å². The van der Waals surface area contributed by atoms with Crippen molar-refractivity contribution in [1.29, 1.82) is 0 Å². The van der Waals surface area contributed by atoms with Crippen molar-refractivity contribution in [3.05, 3.63) is 113 Å². The number of fused-ring (bicyclic) bond motifs is 1. The summed E-state index contributed by atoms with van der Waals surface area (Å²) in [6.45, 7) is 1.40. The molecule has 1 aromatic heterocycles. The number of nitrogens with zero attached hydrogens (tertiary/aromatic N) is 3. The molecule has 5 rings (SSSR count). The molecule has 0 unspecified atom stereocenters. The Labute approximate surface area is 195 Å². The minimum Gasteiger partial charge on any atom is -0.319 e. The van der Waals surface area contributed by atoms with Gasteiger partial charge in [0.05, 0.1) is 18.4 Å². The van der Waals surface area contributed by atoms with Crippen molar-refractivity contribution in [3.63, 3.8) is 0 Å². The topological polar surface area (TPSA) is 79.3 Å². The number of amides is 3. The number of anilines is 2. The number of nitrogens with one attached hydrogen (secondary N) is 2. The highest BCUT2D eigenvalue weighted by atomic mass is 19.1. The molecule has 0 saturated carbocycles. The second-order valence-corrected chi connectivity index (χ2v) is 8.14. The van der Waals surface area contributed by atoms with Crippen LogP contribution in [-0.2, 0) is 19.6 Å². The Hall–Kier alpha value is -4.46. The monoisotopic (exact) mass is 455 g/mol. The van der Waals surface area contributed by atoms with E-state index in [0.717, 1.165) is 16.7 Å². The van der Waals surface area contributed by atoms with Gasteiger partial charge in [0.25, 0.3) is 5.91 Å². The van der Waals surface area contributed by atoms with Crippen molar-refractivity contribution in [1.82, 2.24) is 14.7 Å². The zero-order valence-electron chi connectivity index (χ0n) is 18.2. The Morgan fingerprint density at radius 3 is 2.44 bits per heavy atom. The summed E-state index contributed by atoms with van der Waals surface area (Å²) in [6.07, 6.45) is 3.38. The van der Waals surface area contributed by atoms with Crippen LogP contribution in [0.3, 0.4) is 0 Å². The standard InChI is InChI=1S/C26H22FN5O2/c27-22-9-6-20-15-31(16-21(20)12-22)26(34)30-23-10-7-19(8-11-23)25(33)29-24-13-28-32(17-24)14-18-4-2-1-3-5-18/h1-13,17H,14-16H2,(H,29,33)(H,30,34). The number of carbonyl (C=O) groups excluding carboxylic acids is 2. The Balaban J connectivity index is 1.16. The average Bonchev–Trinajstić information content (AvgIpc) is 3.46. The Kier molecular flexibility index (Phi) is 5.78. The van der Waals surface area contributed by atoms with Crippen molar-refractivity contribution in [2.45, 2.75) is 19.6 Å². The van der Waals surface area contributed by atoms with Gasteiger partial charge in [0, 0.05) is 30.5 Å². The highest BCUT2D eigenvalue weighted by molar-refractivity contribution is 6.04. The first-order valence-corrected chi connectivity index (χ1v) is 10.8. The summed E-state index contributed by atoms with van der Waals surface area (Å²) < 4.78 is 15.2. The number of carbonyl (C=O) groups is 2. The largest absolute Gasteiger partial charge is 0.322 e. The van der Waals surface area contributed by atoms with Gasteiger partial charge in [-0.05, 0) is 53.1 Å². The van der Waals surface area contributed by atoms with Gasteiger partial charge >= 0.3 is 6.03 Å². The number of hydrogen-bond acceptors (Lipinski definition) is 3. The molecule has 170 valence electrons. The summed E-state index contributed by atoms with van der Waals surface area (Å²) >= 11 is 0. The summed E-state index contributed by atoms with van der Waals surface area (Å²) in [5, 5.41) is 9.95. The fourth-order valence-electron chi connectivity index (χ4n) is 3.90. The minimum absolute atomic E-state index is 0.269. The third kappa shape index (κ3) is 4.80. The third-order valence-corrected chi connectivity index (χ3v) is 5.65. The Morgan fingerprint density at radius 2 is 1.65 bits per heavy atom. The highest BCUT2D eigenvalue weighted by Gasteiger charge is 2.23. The van der Waals surface area contributed by atoms with E-state index in [1.54, 1.807) is 52.3 Å². The molecule has 0 atom stereocenters. The van der Waals surface area contributed by atoms with Gasteiger partial charge in [0.15, 0.2) is 0 Å². The van der Waals surface area contributed by atoms with Gasteiger partial charge in [0.1, 0.15) is 5.82 Å². The molecular weight excluding hydrogens is 433 g/mol. The molecule has 34 heavy (non-hydrogen) atoms. The lowest BCUT2D eigenvalue weighted by Crippen LogP contribution is -2.30. The van der Waals surface area contributed by atoms with E-state index in [1.807, 2.05) is 30.3 Å². The first-order valence-electron chi connectivity index (χ1n) is 10.8. The van der Waals surface area contributed by atoms with Crippen molar-refractivity contribution in [2.24, 2.45) is 0 Å². The summed E-state index contributed by atoms with van der Waals surface area (Å²) in [6, 6.07) is 20.9. The van der Waals surface area contributed by atoms with Gasteiger partial charge < -0.3 is 15.5 Å². The molecule has 0 fully saturated rings. The molecule has 1 aliphatic rings. The normalized spacial score (nSPS) is 12.3. The first kappa shape index (κ1) is 21.4. The van der Waals surface area contributed by atoms with E-state index in [2.05, 4.69) is 15.7 Å². The van der Waals surface area contributed by atoms with Gasteiger partial charge in [-0.1, -0.05) is 36.4 Å². The molecule has 0 bridgehead atoms. The number of halogens is 1. The van der Waals surface area contributed by atoms with E-state index in [9.17, 15) is 14.0 Å². The van der Waals surface area contributed by atoms with Crippen molar-refractivity contribution in [3.8, 4) is 0 Å². The maximum absolute atomic E-state index is 13.4. The number of hydrogen-bond donors (Lipinski definition) is 2. The summed E-state index contributed by atoms with van der Waals surface area (Å²) in [5.74, 6) is -0.576. The first-order chi connectivity index (χ1) is 16.5. The van der Waals surface area contributed by atoms with Gasteiger partial charge in [-0.25, -0.2) is 9.18 Å².